The number of carbonyl (C=O) groups is 1. The smallest absolute Gasteiger partial charge is 0.335 e. The van der Waals surface area contributed by atoms with E-state index in [1.807, 2.05) is 6.92 Å². The van der Waals surface area contributed by atoms with Crippen molar-refractivity contribution in [3.05, 3.63) is 62.8 Å². The van der Waals surface area contributed by atoms with Crippen molar-refractivity contribution in [3.8, 4) is 0 Å². The van der Waals surface area contributed by atoms with E-state index < -0.39 is 5.97 Å². The molecule has 0 aliphatic heterocycles. The van der Waals surface area contributed by atoms with Crippen molar-refractivity contribution in [1.82, 2.24) is 9.55 Å². The molecule has 0 saturated carbocycles. The van der Waals surface area contributed by atoms with E-state index in [1.54, 1.807) is 28.8 Å². The molecule has 0 amide bonds. The van der Waals surface area contributed by atoms with Crippen LogP contribution in [0, 0.1) is 6.92 Å². The summed E-state index contributed by atoms with van der Waals surface area (Å²) >= 11 is 0. The zero-order valence-electron chi connectivity index (χ0n) is 12.5. The van der Waals surface area contributed by atoms with Gasteiger partial charge in [-0.05, 0) is 50.3 Å². The normalized spacial score (nSPS) is 13.7. The molecule has 0 fully saturated rings. The van der Waals surface area contributed by atoms with Gasteiger partial charge in [0.15, 0.2) is 0 Å². The predicted octanol–water partition coefficient (Wildman–Crippen LogP) is 2.18. The fourth-order valence-corrected chi connectivity index (χ4v) is 2.93. The number of rotatable bonds is 3. The largest absolute Gasteiger partial charge is 0.478 e. The molecule has 0 radical (unpaired) electrons. The molecule has 0 saturated heterocycles. The van der Waals surface area contributed by atoms with Crippen LogP contribution < -0.4 is 5.56 Å². The van der Waals surface area contributed by atoms with E-state index in [4.69, 9.17) is 5.11 Å². The maximum Gasteiger partial charge on any atom is 0.335 e. The highest BCUT2D eigenvalue weighted by Crippen LogP contribution is 2.17. The topological polar surface area (TPSA) is 72.2 Å². The van der Waals surface area contributed by atoms with E-state index >= 15 is 0 Å². The van der Waals surface area contributed by atoms with E-state index in [2.05, 4.69) is 4.98 Å². The molecular weight excluding hydrogens is 280 g/mol. The average Bonchev–Trinajstić information content (AvgIpc) is 2.52. The van der Waals surface area contributed by atoms with Gasteiger partial charge in [-0.3, -0.25) is 9.36 Å². The van der Waals surface area contributed by atoms with Crippen molar-refractivity contribution in [2.45, 2.75) is 39.2 Å². The monoisotopic (exact) mass is 298 g/mol. The lowest BCUT2D eigenvalue weighted by molar-refractivity contribution is 0.0697. The number of hydrogen-bond acceptors (Lipinski definition) is 3. The number of aromatic nitrogens is 2. The van der Waals surface area contributed by atoms with Crippen LogP contribution in [0.15, 0.2) is 29.1 Å². The van der Waals surface area contributed by atoms with Crippen LogP contribution in [0.25, 0.3) is 0 Å². The highest BCUT2D eigenvalue weighted by atomic mass is 16.4. The molecule has 1 aliphatic rings. The molecule has 0 spiro atoms. The minimum Gasteiger partial charge on any atom is -0.478 e. The summed E-state index contributed by atoms with van der Waals surface area (Å²) in [7, 11) is 0. The van der Waals surface area contributed by atoms with E-state index in [1.165, 1.54) is 0 Å². The SMILES string of the molecule is Cc1nc2c(c(=O)n1Cc1ccc(C(=O)O)cc1)CCCC2. The van der Waals surface area contributed by atoms with Gasteiger partial charge in [0, 0.05) is 5.56 Å². The Morgan fingerprint density at radius 3 is 2.59 bits per heavy atom. The van der Waals surface area contributed by atoms with Gasteiger partial charge in [-0.25, -0.2) is 9.78 Å². The Kier molecular flexibility index (Phi) is 3.79. The van der Waals surface area contributed by atoms with E-state index in [0.717, 1.165) is 42.5 Å². The Balaban J connectivity index is 1.95. The lowest BCUT2D eigenvalue weighted by Gasteiger charge is -2.18. The molecule has 0 atom stereocenters. The summed E-state index contributed by atoms with van der Waals surface area (Å²) in [5.74, 6) is -0.233. The van der Waals surface area contributed by atoms with Crippen LogP contribution >= 0.6 is 0 Å². The third-order valence-electron chi connectivity index (χ3n) is 4.17. The third kappa shape index (κ3) is 2.66. The highest BCUT2D eigenvalue weighted by Gasteiger charge is 2.17. The summed E-state index contributed by atoms with van der Waals surface area (Å²) in [6, 6.07) is 6.61. The molecule has 1 N–H and O–H groups in total. The first-order chi connectivity index (χ1) is 10.6. The number of aryl methyl sites for hydroxylation is 2. The van der Waals surface area contributed by atoms with Gasteiger partial charge in [-0.2, -0.15) is 0 Å². The zero-order valence-corrected chi connectivity index (χ0v) is 12.5. The van der Waals surface area contributed by atoms with Crippen LogP contribution in [-0.2, 0) is 19.4 Å². The van der Waals surface area contributed by atoms with Crippen molar-refractivity contribution in [3.63, 3.8) is 0 Å². The lowest BCUT2D eigenvalue weighted by Crippen LogP contribution is -2.31. The number of benzene rings is 1. The molecule has 1 aromatic heterocycles. The summed E-state index contributed by atoms with van der Waals surface area (Å²) in [4.78, 5) is 28.1. The molecule has 1 aliphatic carbocycles. The van der Waals surface area contributed by atoms with Gasteiger partial charge in [0.2, 0.25) is 0 Å². The van der Waals surface area contributed by atoms with Gasteiger partial charge >= 0.3 is 5.97 Å². The fourth-order valence-electron chi connectivity index (χ4n) is 2.93. The molecule has 22 heavy (non-hydrogen) atoms. The van der Waals surface area contributed by atoms with E-state index in [0.29, 0.717) is 12.4 Å². The van der Waals surface area contributed by atoms with Gasteiger partial charge in [0.25, 0.3) is 5.56 Å². The van der Waals surface area contributed by atoms with Crippen molar-refractivity contribution in [1.29, 1.82) is 0 Å². The van der Waals surface area contributed by atoms with Crippen LogP contribution in [0.3, 0.4) is 0 Å². The Bertz CT molecular complexity index is 776. The standard InChI is InChI=1S/C17H18N2O3/c1-11-18-15-5-3-2-4-14(15)16(20)19(11)10-12-6-8-13(9-7-12)17(21)22/h6-9H,2-5,10H2,1H3,(H,21,22). The molecule has 114 valence electrons. The van der Waals surface area contributed by atoms with Crippen molar-refractivity contribution in [2.75, 3.05) is 0 Å². The van der Waals surface area contributed by atoms with Gasteiger partial charge in [-0.15, -0.1) is 0 Å². The lowest BCUT2D eigenvalue weighted by atomic mass is 9.97. The van der Waals surface area contributed by atoms with Crippen molar-refractivity contribution < 1.29 is 9.90 Å². The maximum absolute atomic E-state index is 12.6. The third-order valence-corrected chi connectivity index (χ3v) is 4.17. The molecule has 3 rings (SSSR count). The average molecular weight is 298 g/mol. The van der Waals surface area contributed by atoms with Crippen LogP contribution in [0.5, 0.6) is 0 Å². The summed E-state index contributed by atoms with van der Waals surface area (Å²) in [5, 5.41) is 8.92. The van der Waals surface area contributed by atoms with Crippen LogP contribution in [0.2, 0.25) is 0 Å². The first-order valence-corrected chi connectivity index (χ1v) is 7.47. The van der Waals surface area contributed by atoms with E-state index in [9.17, 15) is 9.59 Å². The van der Waals surface area contributed by atoms with Crippen LogP contribution in [0.4, 0.5) is 0 Å². The number of carboxylic acid groups (broad SMARTS) is 1. The number of aromatic carboxylic acids is 1. The second-order valence-corrected chi connectivity index (χ2v) is 5.68. The minimum absolute atomic E-state index is 0.0458. The maximum atomic E-state index is 12.6. The molecular formula is C17H18N2O3. The molecule has 1 aromatic carbocycles. The second kappa shape index (κ2) is 5.75. The molecule has 5 nitrogen and oxygen atoms in total. The van der Waals surface area contributed by atoms with E-state index in [-0.39, 0.29) is 11.1 Å². The fraction of sp³-hybridized carbons (Fsp3) is 0.353. The number of hydrogen-bond donors (Lipinski definition) is 1. The molecule has 1 heterocycles. The molecule has 5 heteroatoms. The van der Waals surface area contributed by atoms with Crippen molar-refractivity contribution in [2.24, 2.45) is 0 Å². The number of carboxylic acids is 1. The number of nitrogens with zero attached hydrogens (tertiary/aromatic N) is 2. The summed E-state index contributed by atoms with van der Waals surface area (Å²) in [6.45, 7) is 2.27. The summed E-state index contributed by atoms with van der Waals surface area (Å²) < 4.78 is 1.68. The predicted molar refractivity (Wildman–Crippen MR) is 82.4 cm³/mol. The highest BCUT2D eigenvalue weighted by molar-refractivity contribution is 5.87. The molecule has 0 bridgehead atoms. The zero-order chi connectivity index (χ0) is 15.7. The summed E-state index contributed by atoms with van der Waals surface area (Å²) in [6.07, 6.45) is 3.83. The Morgan fingerprint density at radius 1 is 1.23 bits per heavy atom. The first-order valence-electron chi connectivity index (χ1n) is 7.47. The van der Waals surface area contributed by atoms with Crippen LogP contribution in [-0.4, -0.2) is 20.6 Å². The molecule has 0 unspecified atom stereocenters. The van der Waals surface area contributed by atoms with Gasteiger partial charge < -0.3 is 5.11 Å². The van der Waals surface area contributed by atoms with Gasteiger partial charge in [0.1, 0.15) is 5.82 Å². The minimum atomic E-state index is -0.949. The summed E-state index contributed by atoms with van der Waals surface area (Å²) in [5.41, 5.74) is 2.99. The number of fused-ring (bicyclic) bond motifs is 1. The first kappa shape index (κ1) is 14.5. The second-order valence-electron chi connectivity index (χ2n) is 5.68. The Hall–Kier alpha value is -2.43. The van der Waals surface area contributed by atoms with Crippen molar-refractivity contribution >= 4 is 5.97 Å². The van der Waals surface area contributed by atoms with Gasteiger partial charge in [0.05, 0.1) is 17.8 Å². The van der Waals surface area contributed by atoms with Crippen LogP contribution in [0.1, 0.15) is 45.8 Å². The van der Waals surface area contributed by atoms with Gasteiger partial charge in [-0.1, -0.05) is 12.1 Å². The Labute approximate surface area is 128 Å². The Morgan fingerprint density at radius 2 is 1.91 bits per heavy atom. The molecule has 2 aromatic rings. The quantitative estimate of drug-likeness (QED) is 0.942.